The highest BCUT2D eigenvalue weighted by atomic mass is 16.1. The number of hydrogen-bond donors (Lipinski definition) is 0. The molecule has 0 amide bonds. The number of ketones is 1. The quantitative estimate of drug-likeness (QED) is 0.760. The Morgan fingerprint density at radius 3 is 2.60 bits per heavy atom. The molecule has 1 aromatic heterocycles. The Hall–Kier alpha value is -1.57. The molecule has 1 heterocycles. The summed E-state index contributed by atoms with van der Waals surface area (Å²) >= 11 is 0. The van der Waals surface area contributed by atoms with Crippen molar-refractivity contribution < 1.29 is 4.79 Å². The number of benzene rings is 1. The van der Waals surface area contributed by atoms with Gasteiger partial charge in [0.05, 0.1) is 0 Å². The van der Waals surface area contributed by atoms with Gasteiger partial charge in [0.25, 0.3) is 0 Å². The molecule has 2 aromatic rings. The normalized spacial score (nSPS) is 37.4. The van der Waals surface area contributed by atoms with Gasteiger partial charge in [0.15, 0.2) is 5.78 Å². The summed E-state index contributed by atoms with van der Waals surface area (Å²) in [5.74, 6) is 3.99. The van der Waals surface area contributed by atoms with E-state index in [2.05, 4.69) is 16.7 Å². The number of para-hydroxylation sites is 1. The SMILES string of the molecule is Cn1cc(C(=O)C2C3C4CCC(C4)C23)c2ccccc21. The molecule has 0 N–H and O–H groups in total. The number of carbonyl (C=O) groups is 1. The summed E-state index contributed by atoms with van der Waals surface area (Å²) in [5.41, 5.74) is 2.13. The lowest BCUT2D eigenvalue weighted by Gasteiger charge is -2.07. The molecule has 0 aliphatic heterocycles. The van der Waals surface area contributed by atoms with Crippen molar-refractivity contribution in [3.05, 3.63) is 36.0 Å². The van der Waals surface area contributed by atoms with Crippen LogP contribution in [0.4, 0.5) is 0 Å². The fourth-order valence-electron chi connectivity index (χ4n) is 5.39. The Bertz CT molecular complexity index is 712. The van der Waals surface area contributed by atoms with Crippen molar-refractivity contribution in [2.24, 2.45) is 36.6 Å². The average molecular weight is 265 g/mol. The van der Waals surface area contributed by atoms with Crippen LogP contribution in [0.5, 0.6) is 0 Å². The van der Waals surface area contributed by atoms with Crippen LogP contribution in [0.15, 0.2) is 30.5 Å². The summed E-state index contributed by atoms with van der Waals surface area (Å²) in [5, 5.41) is 1.14. The van der Waals surface area contributed by atoms with Crippen LogP contribution >= 0.6 is 0 Å². The maximum Gasteiger partial charge on any atom is 0.168 e. The standard InChI is InChI=1S/C18H19NO/c1-19-9-13(12-4-2-3-5-14(12)19)18(20)17-15-10-6-7-11(8-10)16(15)17/h2-5,9-11,15-17H,6-8H2,1H3. The molecule has 2 bridgehead atoms. The third-order valence-electron chi connectivity index (χ3n) is 6.20. The van der Waals surface area contributed by atoms with Gasteiger partial charge < -0.3 is 4.57 Å². The minimum Gasteiger partial charge on any atom is -0.350 e. The second kappa shape index (κ2) is 3.55. The van der Waals surface area contributed by atoms with Crippen LogP contribution in [0.3, 0.4) is 0 Å². The van der Waals surface area contributed by atoms with E-state index in [1.165, 1.54) is 24.8 Å². The number of hydrogen-bond acceptors (Lipinski definition) is 1. The number of carbonyl (C=O) groups excluding carboxylic acids is 1. The monoisotopic (exact) mass is 265 g/mol. The first-order valence-electron chi connectivity index (χ1n) is 7.84. The third-order valence-corrected chi connectivity index (χ3v) is 6.20. The molecule has 0 spiro atoms. The molecule has 2 nitrogen and oxygen atoms in total. The van der Waals surface area contributed by atoms with E-state index in [1.54, 1.807) is 0 Å². The zero-order chi connectivity index (χ0) is 13.4. The van der Waals surface area contributed by atoms with Crippen LogP contribution in [0.25, 0.3) is 10.9 Å². The van der Waals surface area contributed by atoms with Gasteiger partial charge in [0.1, 0.15) is 0 Å². The lowest BCUT2D eigenvalue weighted by molar-refractivity contribution is 0.0946. The van der Waals surface area contributed by atoms with Gasteiger partial charge in [-0.2, -0.15) is 0 Å². The second-order valence-corrected chi connectivity index (χ2v) is 7.05. The predicted octanol–water partition coefficient (Wildman–Crippen LogP) is 3.65. The van der Waals surface area contributed by atoms with Crippen LogP contribution in [-0.2, 0) is 7.05 Å². The molecular weight excluding hydrogens is 246 g/mol. The molecule has 102 valence electrons. The van der Waals surface area contributed by atoms with Crippen LogP contribution in [0.1, 0.15) is 29.6 Å². The Kier molecular flexibility index (Phi) is 1.97. The van der Waals surface area contributed by atoms with Crippen molar-refractivity contribution in [1.29, 1.82) is 0 Å². The first-order valence-corrected chi connectivity index (χ1v) is 7.84. The minimum absolute atomic E-state index is 0.354. The van der Waals surface area contributed by atoms with Crippen molar-refractivity contribution >= 4 is 16.7 Å². The zero-order valence-corrected chi connectivity index (χ0v) is 11.8. The van der Waals surface area contributed by atoms with E-state index in [-0.39, 0.29) is 0 Å². The van der Waals surface area contributed by atoms with Gasteiger partial charge in [-0.15, -0.1) is 0 Å². The van der Waals surface area contributed by atoms with Crippen LogP contribution in [-0.4, -0.2) is 10.4 Å². The van der Waals surface area contributed by atoms with E-state index < -0.39 is 0 Å². The lowest BCUT2D eigenvalue weighted by atomic mass is 9.96. The fraction of sp³-hybridized carbons (Fsp3) is 0.500. The summed E-state index contributed by atoms with van der Waals surface area (Å²) in [6, 6.07) is 8.28. The van der Waals surface area contributed by atoms with Crippen LogP contribution in [0, 0.1) is 29.6 Å². The van der Waals surface area contributed by atoms with Crippen LogP contribution < -0.4 is 0 Å². The Morgan fingerprint density at radius 1 is 1.15 bits per heavy atom. The van der Waals surface area contributed by atoms with Crippen molar-refractivity contribution in [3.63, 3.8) is 0 Å². The molecule has 1 aromatic carbocycles. The van der Waals surface area contributed by atoms with Gasteiger partial charge >= 0.3 is 0 Å². The van der Waals surface area contributed by atoms with Gasteiger partial charge in [0.2, 0.25) is 0 Å². The molecular formula is C18H19NO. The van der Waals surface area contributed by atoms with E-state index in [1.807, 2.05) is 25.4 Å². The molecule has 4 atom stereocenters. The number of Topliss-reactive ketones (excluding diaryl/α,β-unsaturated/α-hetero) is 1. The van der Waals surface area contributed by atoms with E-state index in [0.717, 1.165) is 34.6 Å². The highest BCUT2D eigenvalue weighted by Crippen LogP contribution is 2.70. The van der Waals surface area contributed by atoms with Gasteiger partial charge in [-0.25, -0.2) is 0 Å². The molecule has 5 rings (SSSR count). The fourth-order valence-corrected chi connectivity index (χ4v) is 5.39. The number of aryl methyl sites for hydroxylation is 1. The van der Waals surface area contributed by atoms with E-state index >= 15 is 0 Å². The largest absolute Gasteiger partial charge is 0.350 e. The number of nitrogens with zero attached hydrogens (tertiary/aromatic N) is 1. The van der Waals surface area contributed by atoms with Crippen molar-refractivity contribution in [3.8, 4) is 0 Å². The summed E-state index contributed by atoms with van der Waals surface area (Å²) in [6.45, 7) is 0. The van der Waals surface area contributed by atoms with Gasteiger partial charge in [0, 0.05) is 35.6 Å². The molecule has 3 saturated carbocycles. The van der Waals surface area contributed by atoms with Gasteiger partial charge in [-0.05, 0) is 49.0 Å². The van der Waals surface area contributed by atoms with Crippen LogP contribution in [0.2, 0.25) is 0 Å². The summed E-state index contributed by atoms with van der Waals surface area (Å²) < 4.78 is 2.09. The highest BCUT2D eigenvalue weighted by molar-refractivity contribution is 6.10. The molecule has 0 saturated heterocycles. The maximum absolute atomic E-state index is 13.0. The number of rotatable bonds is 2. The van der Waals surface area contributed by atoms with E-state index in [9.17, 15) is 4.79 Å². The number of aromatic nitrogens is 1. The summed E-state index contributed by atoms with van der Waals surface area (Å²) in [6.07, 6.45) is 6.22. The predicted molar refractivity (Wildman–Crippen MR) is 78.6 cm³/mol. The first-order chi connectivity index (χ1) is 9.75. The lowest BCUT2D eigenvalue weighted by Crippen LogP contribution is -2.09. The Labute approximate surface area is 118 Å². The minimum atomic E-state index is 0.354. The Morgan fingerprint density at radius 2 is 1.85 bits per heavy atom. The Balaban J connectivity index is 1.55. The zero-order valence-electron chi connectivity index (χ0n) is 11.8. The van der Waals surface area contributed by atoms with E-state index in [4.69, 9.17) is 0 Å². The molecule has 2 heteroatoms. The third kappa shape index (κ3) is 1.23. The molecule has 3 aliphatic rings. The second-order valence-electron chi connectivity index (χ2n) is 7.05. The van der Waals surface area contributed by atoms with Crippen molar-refractivity contribution in [2.75, 3.05) is 0 Å². The van der Waals surface area contributed by atoms with Crippen molar-refractivity contribution in [2.45, 2.75) is 19.3 Å². The summed E-state index contributed by atoms with van der Waals surface area (Å²) in [4.78, 5) is 13.0. The van der Waals surface area contributed by atoms with Gasteiger partial charge in [-0.3, -0.25) is 4.79 Å². The summed E-state index contributed by atoms with van der Waals surface area (Å²) in [7, 11) is 2.04. The highest BCUT2D eigenvalue weighted by Gasteiger charge is 2.67. The molecule has 4 unspecified atom stereocenters. The maximum atomic E-state index is 13.0. The topological polar surface area (TPSA) is 22.0 Å². The number of fused-ring (bicyclic) bond motifs is 6. The van der Waals surface area contributed by atoms with Gasteiger partial charge in [-0.1, -0.05) is 18.2 Å². The molecule has 3 fully saturated rings. The smallest absolute Gasteiger partial charge is 0.168 e. The molecule has 20 heavy (non-hydrogen) atoms. The van der Waals surface area contributed by atoms with E-state index in [0.29, 0.717) is 11.7 Å². The average Bonchev–Trinajstić information content (AvgIpc) is 2.78. The molecule has 0 radical (unpaired) electrons. The molecule has 3 aliphatic carbocycles. The first kappa shape index (κ1) is 11.1. The van der Waals surface area contributed by atoms with Crippen molar-refractivity contribution in [1.82, 2.24) is 4.57 Å².